The van der Waals surface area contributed by atoms with E-state index < -0.39 is 0 Å². The molecule has 7 nitrogen and oxygen atoms in total. The molecule has 0 spiro atoms. The fraction of sp³-hybridized carbons (Fsp3) is 0.100. The number of fused-ring (bicyclic) bond motifs is 1. The second-order valence-electron chi connectivity index (χ2n) is 5.90. The van der Waals surface area contributed by atoms with Crippen molar-refractivity contribution in [2.24, 2.45) is 0 Å². The van der Waals surface area contributed by atoms with E-state index in [-0.39, 0.29) is 0 Å². The Hall–Kier alpha value is -3.74. The Morgan fingerprint density at radius 1 is 0.963 bits per heavy atom. The number of nitrogens with one attached hydrogen (secondary N) is 1. The molecule has 0 fully saturated rings. The maximum Gasteiger partial charge on any atom is 0.162 e. The van der Waals surface area contributed by atoms with E-state index in [2.05, 4.69) is 15.2 Å². The van der Waals surface area contributed by atoms with Gasteiger partial charge < -0.3 is 15.2 Å². The van der Waals surface area contributed by atoms with E-state index in [0.717, 1.165) is 22.3 Å². The predicted molar refractivity (Wildman–Crippen MR) is 106 cm³/mol. The second kappa shape index (κ2) is 6.87. The lowest BCUT2D eigenvalue weighted by atomic mass is 10.1. The monoisotopic (exact) mass is 361 g/mol. The Morgan fingerprint density at radius 3 is 2.52 bits per heavy atom. The number of benzene rings is 2. The molecule has 0 atom stereocenters. The van der Waals surface area contributed by atoms with Crippen LogP contribution in [0.4, 0.5) is 23.1 Å². The normalized spacial score (nSPS) is 10.7. The van der Waals surface area contributed by atoms with Gasteiger partial charge in [0.1, 0.15) is 17.5 Å². The van der Waals surface area contributed by atoms with Crippen LogP contribution in [0.3, 0.4) is 0 Å². The number of aromatic amines is 1. The summed E-state index contributed by atoms with van der Waals surface area (Å²) in [5.74, 6) is 3.16. The molecule has 0 aliphatic heterocycles. The maximum absolute atomic E-state index is 6.22. The highest BCUT2D eigenvalue weighted by Crippen LogP contribution is 2.39. The minimum atomic E-state index is 0.466. The summed E-state index contributed by atoms with van der Waals surface area (Å²) in [6, 6.07) is 17.4. The van der Waals surface area contributed by atoms with E-state index in [1.165, 1.54) is 0 Å². The van der Waals surface area contributed by atoms with Crippen molar-refractivity contribution in [3.63, 3.8) is 0 Å². The minimum Gasteiger partial charge on any atom is -0.493 e. The molecule has 4 rings (SSSR count). The number of methoxy groups -OCH3 is 2. The van der Waals surface area contributed by atoms with Crippen LogP contribution in [0.25, 0.3) is 10.8 Å². The highest BCUT2D eigenvalue weighted by molar-refractivity contribution is 5.94. The lowest BCUT2D eigenvalue weighted by Gasteiger charge is -2.23. The van der Waals surface area contributed by atoms with Crippen molar-refractivity contribution < 1.29 is 9.47 Å². The first-order valence-corrected chi connectivity index (χ1v) is 8.38. The molecular weight excluding hydrogens is 342 g/mol. The Labute approximate surface area is 156 Å². The highest BCUT2D eigenvalue weighted by Gasteiger charge is 2.18. The third-order valence-electron chi connectivity index (χ3n) is 4.34. The molecular formula is C20H19N5O2. The Balaban J connectivity index is 1.91. The quantitative estimate of drug-likeness (QED) is 0.558. The summed E-state index contributed by atoms with van der Waals surface area (Å²) >= 11 is 0. The van der Waals surface area contributed by atoms with Gasteiger partial charge in [-0.1, -0.05) is 24.3 Å². The van der Waals surface area contributed by atoms with Gasteiger partial charge in [0.15, 0.2) is 11.5 Å². The maximum atomic E-state index is 6.22. The van der Waals surface area contributed by atoms with E-state index in [1.807, 2.05) is 59.5 Å². The minimum absolute atomic E-state index is 0.466. The Bertz CT molecular complexity index is 1080. The van der Waals surface area contributed by atoms with Crippen molar-refractivity contribution in [2.75, 3.05) is 24.9 Å². The topological polar surface area (TPSA) is 89.3 Å². The number of nitrogens with two attached hydrogens (primary N) is 1. The van der Waals surface area contributed by atoms with Gasteiger partial charge in [-0.25, -0.2) is 4.98 Å². The van der Waals surface area contributed by atoms with Crippen LogP contribution in [0.2, 0.25) is 0 Å². The zero-order chi connectivity index (χ0) is 18.8. The molecule has 0 aliphatic carbocycles. The molecule has 27 heavy (non-hydrogen) atoms. The SMILES string of the molecule is COc1ccc(N(c2cc3ccccc3c(N)n2)c2ccn[nH]2)cc1OC. The Morgan fingerprint density at radius 2 is 1.78 bits per heavy atom. The van der Waals surface area contributed by atoms with E-state index in [0.29, 0.717) is 23.1 Å². The lowest BCUT2D eigenvalue weighted by molar-refractivity contribution is 0.355. The third kappa shape index (κ3) is 2.99. The molecule has 136 valence electrons. The van der Waals surface area contributed by atoms with Crippen molar-refractivity contribution in [2.45, 2.75) is 0 Å². The van der Waals surface area contributed by atoms with E-state index in [4.69, 9.17) is 15.2 Å². The summed E-state index contributed by atoms with van der Waals surface area (Å²) in [7, 11) is 3.21. The molecule has 2 aromatic heterocycles. The number of pyridine rings is 1. The van der Waals surface area contributed by atoms with Crippen LogP contribution < -0.4 is 20.1 Å². The zero-order valence-electron chi connectivity index (χ0n) is 15.0. The Kier molecular flexibility index (Phi) is 4.25. The fourth-order valence-corrected chi connectivity index (χ4v) is 3.06. The number of hydrogen-bond acceptors (Lipinski definition) is 6. The van der Waals surface area contributed by atoms with Gasteiger partial charge in [0.25, 0.3) is 0 Å². The van der Waals surface area contributed by atoms with Gasteiger partial charge in [-0.2, -0.15) is 5.10 Å². The summed E-state index contributed by atoms with van der Waals surface area (Å²) in [6.45, 7) is 0. The van der Waals surface area contributed by atoms with E-state index in [1.54, 1.807) is 20.4 Å². The first-order valence-electron chi connectivity index (χ1n) is 8.38. The zero-order valence-corrected chi connectivity index (χ0v) is 15.0. The van der Waals surface area contributed by atoms with Crippen molar-refractivity contribution >= 4 is 33.9 Å². The molecule has 0 aliphatic rings. The van der Waals surface area contributed by atoms with Crippen molar-refractivity contribution in [3.8, 4) is 11.5 Å². The molecule has 0 unspecified atom stereocenters. The summed E-state index contributed by atoms with van der Waals surface area (Å²) in [4.78, 5) is 6.54. The van der Waals surface area contributed by atoms with Gasteiger partial charge in [-0.3, -0.25) is 10.00 Å². The van der Waals surface area contributed by atoms with Crippen molar-refractivity contribution in [1.82, 2.24) is 15.2 Å². The molecule has 0 saturated carbocycles. The van der Waals surface area contributed by atoms with Crippen LogP contribution in [-0.2, 0) is 0 Å². The number of nitrogen functional groups attached to an aromatic ring is 1. The van der Waals surface area contributed by atoms with Crippen molar-refractivity contribution in [1.29, 1.82) is 0 Å². The van der Waals surface area contributed by atoms with Gasteiger partial charge in [-0.05, 0) is 23.6 Å². The van der Waals surface area contributed by atoms with Crippen LogP contribution in [-0.4, -0.2) is 29.4 Å². The van der Waals surface area contributed by atoms with Crippen LogP contribution in [0.1, 0.15) is 0 Å². The molecule has 7 heteroatoms. The third-order valence-corrected chi connectivity index (χ3v) is 4.34. The first-order chi connectivity index (χ1) is 13.2. The number of anilines is 4. The smallest absolute Gasteiger partial charge is 0.162 e. The lowest BCUT2D eigenvalue weighted by Crippen LogP contribution is -2.13. The fourth-order valence-electron chi connectivity index (χ4n) is 3.06. The molecule has 3 N–H and O–H groups in total. The number of hydrogen-bond donors (Lipinski definition) is 2. The summed E-state index contributed by atoms with van der Waals surface area (Å²) in [5, 5.41) is 8.98. The molecule has 0 saturated heterocycles. The molecule has 2 aromatic carbocycles. The summed E-state index contributed by atoms with van der Waals surface area (Å²) < 4.78 is 10.8. The van der Waals surface area contributed by atoms with Gasteiger partial charge in [0.2, 0.25) is 0 Å². The number of aromatic nitrogens is 3. The van der Waals surface area contributed by atoms with Gasteiger partial charge in [0.05, 0.1) is 26.1 Å². The van der Waals surface area contributed by atoms with Gasteiger partial charge in [-0.15, -0.1) is 0 Å². The molecule has 0 amide bonds. The molecule has 0 radical (unpaired) electrons. The number of nitrogens with zero attached hydrogens (tertiary/aromatic N) is 3. The molecule has 0 bridgehead atoms. The first kappa shape index (κ1) is 16.7. The van der Waals surface area contributed by atoms with Gasteiger partial charge in [0, 0.05) is 17.5 Å². The van der Waals surface area contributed by atoms with Crippen LogP contribution in [0, 0.1) is 0 Å². The molecule has 2 heterocycles. The van der Waals surface area contributed by atoms with Crippen LogP contribution in [0.5, 0.6) is 11.5 Å². The molecule has 4 aromatic rings. The second-order valence-corrected chi connectivity index (χ2v) is 5.90. The average Bonchev–Trinajstić information content (AvgIpc) is 3.22. The van der Waals surface area contributed by atoms with Crippen molar-refractivity contribution in [3.05, 3.63) is 60.8 Å². The predicted octanol–water partition coefficient (Wildman–Crippen LogP) is 4.03. The van der Waals surface area contributed by atoms with E-state index >= 15 is 0 Å². The highest BCUT2D eigenvalue weighted by atomic mass is 16.5. The number of H-pyrrole nitrogens is 1. The number of ether oxygens (including phenoxy) is 2. The summed E-state index contributed by atoms with van der Waals surface area (Å²) in [6.07, 6.45) is 1.69. The van der Waals surface area contributed by atoms with Crippen LogP contribution in [0.15, 0.2) is 60.8 Å². The standard InChI is InChI=1S/C20H19N5O2/c1-26-16-8-7-14(12-17(16)27-2)25(18-9-10-22-24-18)19-11-13-5-3-4-6-15(13)20(21)23-19/h3-12H,1-2H3,(H2,21,23)(H,22,24). The largest absolute Gasteiger partial charge is 0.493 e. The van der Waals surface area contributed by atoms with Gasteiger partial charge >= 0.3 is 0 Å². The average molecular weight is 361 g/mol. The summed E-state index contributed by atoms with van der Waals surface area (Å²) in [5.41, 5.74) is 7.05. The van der Waals surface area contributed by atoms with Crippen LogP contribution >= 0.6 is 0 Å². The number of rotatable bonds is 5. The van der Waals surface area contributed by atoms with E-state index in [9.17, 15) is 0 Å².